The number of para-hydroxylation sites is 1. The summed E-state index contributed by atoms with van der Waals surface area (Å²) in [4.78, 5) is 24.8. The van der Waals surface area contributed by atoms with Gasteiger partial charge in [0.15, 0.2) is 5.13 Å². The molecule has 28 heavy (non-hydrogen) atoms. The van der Waals surface area contributed by atoms with Gasteiger partial charge in [0, 0.05) is 23.8 Å². The standard InChI is InChI=1S/C22H22N4OS/c27-20-22(9-3-4-10-22)16-6-5-11-23-19(16)26(20)15-12-14(13-15)24-21-25-17-7-1-2-8-18(17)28-21/h1-2,5-8,11,14-15H,3-4,9-10,12-13H2,(H,24,25). The van der Waals surface area contributed by atoms with Crippen molar-refractivity contribution >= 4 is 38.4 Å². The summed E-state index contributed by atoms with van der Waals surface area (Å²) in [5, 5.41) is 4.55. The molecule has 0 saturated heterocycles. The number of fused-ring (bicyclic) bond motifs is 3. The Morgan fingerprint density at radius 3 is 2.75 bits per heavy atom. The number of aromatic nitrogens is 2. The predicted molar refractivity (Wildman–Crippen MR) is 112 cm³/mol. The van der Waals surface area contributed by atoms with Gasteiger partial charge in [-0.25, -0.2) is 9.97 Å². The van der Waals surface area contributed by atoms with Gasteiger partial charge in [-0.2, -0.15) is 0 Å². The number of rotatable bonds is 3. The number of nitrogens with one attached hydrogen (secondary N) is 1. The Morgan fingerprint density at radius 2 is 1.93 bits per heavy atom. The van der Waals surface area contributed by atoms with Gasteiger partial charge in [-0.1, -0.05) is 42.4 Å². The molecular formula is C22H22N4OS. The van der Waals surface area contributed by atoms with E-state index in [2.05, 4.69) is 27.4 Å². The fourth-order valence-electron chi connectivity index (χ4n) is 5.23. The summed E-state index contributed by atoms with van der Waals surface area (Å²) in [6.45, 7) is 0. The van der Waals surface area contributed by atoms with Crippen LogP contribution in [0.15, 0.2) is 42.6 Å². The first-order valence-electron chi connectivity index (χ1n) is 10.2. The van der Waals surface area contributed by atoms with Gasteiger partial charge in [0.05, 0.1) is 15.6 Å². The maximum atomic E-state index is 13.5. The van der Waals surface area contributed by atoms with Gasteiger partial charge in [-0.15, -0.1) is 0 Å². The quantitative estimate of drug-likeness (QED) is 0.716. The van der Waals surface area contributed by atoms with Crippen molar-refractivity contribution in [1.82, 2.24) is 9.97 Å². The lowest BCUT2D eigenvalue weighted by Crippen LogP contribution is -2.53. The van der Waals surface area contributed by atoms with E-state index in [0.29, 0.717) is 11.9 Å². The zero-order chi connectivity index (χ0) is 18.7. The van der Waals surface area contributed by atoms with Crippen molar-refractivity contribution in [3.63, 3.8) is 0 Å². The minimum Gasteiger partial charge on any atom is -0.359 e. The Morgan fingerprint density at radius 1 is 1.11 bits per heavy atom. The first kappa shape index (κ1) is 16.5. The maximum Gasteiger partial charge on any atom is 0.239 e. The van der Waals surface area contributed by atoms with Gasteiger partial charge in [0.25, 0.3) is 0 Å². The van der Waals surface area contributed by atoms with E-state index < -0.39 is 0 Å². The molecule has 3 aliphatic rings. The van der Waals surface area contributed by atoms with Crippen molar-refractivity contribution in [2.24, 2.45) is 0 Å². The molecule has 3 aromatic rings. The van der Waals surface area contributed by atoms with E-state index >= 15 is 0 Å². The molecule has 1 N–H and O–H groups in total. The Bertz CT molecular complexity index is 1030. The van der Waals surface area contributed by atoms with E-state index in [0.717, 1.165) is 55.0 Å². The van der Waals surface area contributed by atoms with Crippen LogP contribution >= 0.6 is 11.3 Å². The number of thiazole rings is 1. The number of anilines is 2. The van der Waals surface area contributed by atoms with Crippen molar-refractivity contribution in [3.8, 4) is 0 Å². The van der Waals surface area contributed by atoms with Crippen LogP contribution in [0.3, 0.4) is 0 Å². The average Bonchev–Trinajstić information content (AvgIpc) is 3.38. The molecule has 0 unspecified atom stereocenters. The van der Waals surface area contributed by atoms with Crippen molar-refractivity contribution < 1.29 is 4.79 Å². The zero-order valence-corrected chi connectivity index (χ0v) is 16.4. The minimum absolute atomic E-state index is 0.244. The lowest BCUT2D eigenvalue weighted by atomic mass is 9.80. The number of nitrogens with zero attached hydrogens (tertiary/aromatic N) is 3. The first-order valence-corrected chi connectivity index (χ1v) is 11.0. The van der Waals surface area contributed by atoms with Crippen LogP contribution in [0.4, 0.5) is 10.9 Å². The van der Waals surface area contributed by atoms with Gasteiger partial charge >= 0.3 is 0 Å². The molecule has 0 radical (unpaired) electrons. The van der Waals surface area contributed by atoms with E-state index in [-0.39, 0.29) is 11.5 Å². The Hall–Kier alpha value is -2.47. The molecule has 1 spiro atoms. The van der Waals surface area contributed by atoms with Gasteiger partial charge < -0.3 is 5.32 Å². The molecule has 1 amide bonds. The molecule has 1 aromatic carbocycles. The summed E-state index contributed by atoms with van der Waals surface area (Å²) in [6.07, 6.45) is 7.95. The second kappa shape index (κ2) is 6.01. The SMILES string of the molecule is O=C1N(C2CC(Nc3nc4ccccc4s3)C2)c2ncccc2C12CCCC2. The van der Waals surface area contributed by atoms with Gasteiger partial charge in [-0.05, 0) is 43.9 Å². The first-order chi connectivity index (χ1) is 13.7. The van der Waals surface area contributed by atoms with Crippen molar-refractivity contribution in [1.29, 1.82) is 0 Å². The topological polar surface area (TPSA) is 58.1 Å². The highest BCUT2D eigenvalue weighted by Crippen LogP contribution is 2.52. The molecular weight excluding hydrogens is 368 g/mol. The van der Waals surface area contributed by atoms with Crippen LogP contribution in [-0.4, -0.2) is 28.0 Å². The summed E-state index contributed by atoms with van der Waals surface area (Å²) < 4.78 is 1.21. The van der Waals surface area contributed by atoms with Crippen molar-refractivity contribution in [3.05, 3.63) is 48.2 Å². The number of hydrogen-bond acceptors (Lipinski definition) is 5. The third-order valence-corrected chi connectivity index (χ3v) is 7.68. The molecule has 6 rings (SSSR count). The van der Waals surface area contributed by atoms with E-state index in [1.807, 2.05) is 35.4 Å². The van der Waals surface area contributed by atoms with Crippen LogP contribution < -0.4 is 10.2 Å². The Balaban J connectivity index is 1.21. The summed E-state index contributed by atoms with van der Waals surface area (Å²) in [7, 11) is 0. The van der Waals surface area contributed by atoms with E-state index in [1.165, 1.54) is 10.3 Å². The highest BCUT2D eigenvalue weighted by molar-refractivity contribution is 7.22. The number of carbonyl (C=O) groups excluding carboxylic acids is 1. The summed E-state index contributed by atoms with van der Waals surface area (Å²) >= 11 is 1.70. The van der Waals surface area contributed by atoms with Crippen LogP contribution in [0.5, 0.6) is 0 Å². The monoisotopic (exact) mass is 390 g/mol. The molecule has 142 valence electrons. The molecule has 2 aromatic heterocycles. The van der Waals surface area contributed by atoms with E-state index in [4.69, 9.17) is 0 Å². The van der Waals surface area contributed by atoms with Crippen LogP contribution in [0.25, 0.3) is 10.2 Å². The fourth-order valence-corrected chi connectivity index (χ4v) is 6.17. The highest BCUT2D eigenvalue weighted by atomic mass is 32.1. The van der Waals surface area contributed by atoms with Crippen LogP contribution in [0.2, 0.25) is 0 Å². The normalized spacial score (nSPS) is 25.3. The van der Waals surface area contributed by atoms with Crippen LogP contribution in [0.1, 0.15) is 44.1 Å². The third-order valence-electron chi connectivity index (χ3n) is 6.72. The lowest BCUT2D eigenvalue weighted by molar-refractivity contribution is -0.123. The van der Waals surface area contributed by atoms with E-state index in [1.54, 1.807) is 11.3 Å². The lowest BCUT2D eigenvalue weighted by Gasteiger charge is -2.41. The smallest absolute Gasteiger partial charge is 0.239 e. The second-order valence-corrected chi connectivity index (χ2v) is 9.32. The van der Waals surface area contributed by atoms with Crippen LogP contribution in [-0.2, 0) is 10.2 Å². The molecule has 0 bridgehead atoms. The van der Waals surface area contributed by atoms with E-state index in [9.17, 15) is 4.79 Å². The molecule has 5 nitrogen and oxygen atoms in total. The summed E-state index contributed by atoms with van der Waals surface area (Å²) in [5.41, 5.74) is 1.91. The van der Waals surface area contributed by atoms with Gasteiger partial charge in [-0.3, -0.25) is 9.69 Å². The molecule has 2 saturated carbocycles. The Labute approximate surface area is 167 Å². The maximum absolute atomic E-state index is 13.5. The molecule has 2 aliphatic carbocycles. The predicted octanol–water partition coefficient (Wildman–Crippen LogP) is 4.49. The second-order valence-electron chi connectivity index (χ2n) is 8.29. The van der Waals surface area contributed by atoms with Gasteiger partial charge in [0.1, 0.15) is 5.82 Å². The molecule has 6 heteroatoms. The number of hydrogen-bond donors (Lipinski definition) is 1. The summed E-state index contributed by atoms with van der Waals surface area (Å²) in [6, 6.07) is 12.9. The fraction of sp³-hybridized carbons (Fsp3) is 0.409. The zero-order valence-electron chi connectivity index (χ0n) is 15.6. The molecule has 2 fully saturated rings. The molecule has 0 atom stereocenters. The molecule has 3 heterocycles. The van der Waals surface area contributed by atoms with Crippen molar-refractivity contribution in [2.75, 3.05) is 10.2 Å². The number of amides is 1. The molecule has 1 aliphatic heterocycles. The van der Waals surface area contributed by atoms with Crippen LogP contribution in [0, 0.1) is 0 Å². The number of carbonyl (C=O) groups is 1. The van der Waals surface area contributed by atoms with Crippen molar-refractivity contribution in [2.45, 2.75) is 56.0 Å². The third kappa shape index (κ3) is 2.27. The highest BCUT2D eigenvalue weighted by Gasteiger charge is 2.55. The number of pyridine rings is 1. The number of benzene rings is 1. The minimum atomic E-state index is -0.296. The Kier molecular flexibility index (Phi) is 3.54. The summed E-state index contributed by atoms with van der Waals surface area (Å²) in [5.74, 6) is 1.21. The largest absolute Gasteiger partial charge is 0.359 e. The van der Waals surface area contributed by atoms with Gasteiger partial charge in [0.2, 0.25) is 5.91 Å². The average molecular weight is 391 g/mol.